The van der Waals surface area contributed by atoms with E-state index in [9.17, 15) is 48.3 Å². The average Bonchev–Trinajstić information content (AvgIpc) is 3.53. The van der Waals surface area contributed by atoms with Crippen LogP contribution in [0.4, 0.5) is 35.1 Å². The molecule has 0 radical (unpaired) electrons. The highest BCUT2D eigenvalue weighted by atomic mass is 32.2. The molecule has 6 nitrogen and oxygen atoms in total. The van der Waals surface area contributed by atoms with E-state index in [1.807, 2.05) is 0 Å². The van der Waals surface area contributed by atoms with Gasteiger partial charge in [-0.1, -0.05) is 18.2 Å². The molecule has 1 saturated heterocycles. The molecule has 5 rings (SSSR count). The van der Waals surface area contributed by atoms with Crippen molar-refractivity contribution in [3.63, 3.8) is 0 Å². The summed E-state index contributed by atoms with van der Waals surface area (Å²) >= 11 is 0. The Hall–Kier alpha value is -2.78. The lowest BCUT2D eigenvalue weighted by Crippen LogP contribution is -2.51. The predicted octanol–water partition coefficient (Wildman–Crippen LogP) is 5.33. The average molecular weight is 669 g/mol. The zero-order valence-corrected chi connectivity index (χ0v) is 24.7. The first kappa shape index (κ1) is 33.6. The zero-order chi connectivity index (χ0) is 33.0. The van der Waals surface area contributed by atoms with Crippen molar-refractivity contribution < 1.29 is 53.4 Å². The zero-order valence-electron chi connectivity index (χ0n) is 23.9. The van der Waals surface area contributed by atoms with Gasteiger partial charge in [-0.2, -0.15) is 26.3 Å². The van der Waals surface area contributed by atoms with Crippen LogP contribution in [0.25, 0.3) is 0 Å². The molecule has 1 saturated carbocycles. The number of amides is 1. The first-order chi connectivity index (χ1) is 21.0. The number of benzene rings is 2. The van der Waals surface area contributed by atoms with E-state index in [4.69, 9.17) is 5.11 Å². The van der Waals surface area contributed by atoms with Crippen LogP contribution in [0.2, 0.25) is 0 Å². The van der Waals surface area contributed by atoms with Crippen molar-refractivity contribution in [2.75, 3.05) is 26.2 Å². The van der Waals surface area contributed by atoms with Gasteiger partial charge in [-0.05, 0) is 79.3 Å². The molecule has 0 spiro atoms. The number of likely N-dealkylation sites (tertiary alicyclic amines) is 1. The molecule has 2 fully saturated rings. The smallest absolute Gasteiger partial charge is 0.396 e. The number of aliphatic hydroxyl groups is 1. The molecule has 0 unspecified atom stereocenters. The fraction of sp³-hybridized carbons (Fsp3) is 0.567. The van der Waals surface area contributed by atoms with Crippen molar-refractivity contribution in [1.82, 2.24) is 10.2 Å². The lowest BCUT2D eigenvalue weighted by Gasteiger charge is -2.43. The Bertz CT molecular complexity index is 1520. The number of hydrogen-bond acceptors (Lipinski definition) is 5. The van der Waals surface area contributed by atoms with E-state index in [2.05, 4.69) is 5.32 Å². The van der Waals surface area contributed by atoms with E-state index in [1.54, 1.807) is 4.90 Å². The number of nitrogens with one attached hydrogen (secondary N) is 1. The predicted molar refractivity (Wildman–Crippen MR) is 146 cm³/mol. The van der Waals surface area contributed by atoms with Crippen LogP contribution >= 0.6 is 0 Å². The third-order valence-electron chi connectivity index (χ3n) is 9.53. The maximum absolute atomic E-state index is 15.0. The minimum absolute atomic E-state index is 0.00551. The molecule has 45 heavy (non-hydrogen) atoms. The molecule has 4 atom stereocenters. The van der Waals surface area contributed by atoms with Crippen molar-refractivity contribution in [3.8, 4) is 0 Å². The Balaban J connectivity index is 1.53. The fourth-order valence-electron chi connectivity index (χ4n) is 7.41. The Morgan fingerprint density at radius 3 is 2.27 bits per heavy atom. The second-order valence-electron chi connectivity index (χ2n) is 12.1. The Kier molecular flexibility index (Phi) is 8.79. The van der Waals surface area contributed by atoms with Gasteiger partial charge < -0.3 is 15.3 Å². The van der Waals surface area contributed by atoms with E-state index in [1.165, 1.54) is 0 Å². The summed E-state index contributed by atoms with van der Waals surface area (Å²) in [5.41, 5.74) is -7.49. The van der Waals surface area contributed by atoms with E-state index in [0.29, 0.717) is 38.2 Å². The lowest BCUT2D eigenvalue weighted by atomic mass is 9.74. The van der Waals surface area contributed by atoms with Gasteiger partial charge in [-0.25, -0.2) is 17.2 Å². The highest BCUT2D eigenvalue weighted by Gasteiger charge is 2.73. The van der Waals surface area contributed by atoms with Crippen LogP contribution < -0.4 is 5.32 Å². The highest BCUT2D eigenvalue weighted by Crippen LogP contribution is 2.59. The number of fused-ring (bicyclic) bond motifs is 3. The Labute approximate surface area is 254 Å². The summed E-state index contributed by atoms with van der Waals surface area (Å²) in [5.74, 6) is -1.56. The van der Waals surface area contributed by atoms with Gasteiger partial charge in [-0.3, -0.25) is 4.79 Å². The third kappa shape index (κ3) is 5.52. The van der Waals surface area contributed by atoms with Crippen molar-refractivity contribution in [2.24, 2.45) is 11.8 Å². The minimum atomic E-state index is -6.33. The van der Waals surface area contributed by atoms with Crippen LogP contribution in [0, 0.1) is 17.7 Å². The number of nitrogens with zero attached hydrogens (tertiary/aromatic N) is 1. The van der Waals surface area contributed by atoms with Crippen LogP contribution in [0.3, 0.4) is 0 Å². The number of alkyl halides is 7. The number of aryl methyl sites for hydroxylation is 1. The summed E-state index contributed by atoms with van der Waals surface area (Å²) in [5, 5.41) is 12.5. The molecule has 1 aliphatic heterocycles. The van der Waals surface area contributed by atoms with Crippen molar-refractivity contribution >= 4 is 15.7 Å². The van der Waals surface area contributed by atoms with Crippen LogP contribution in [0.5, 0.6) is 0 Å². The van der Waals surface area contributed by atoms with Crippen LogP contribution in [-0.4, -0.2) is 69.0 Å². The van der Waals surface area contributed by atoms with Gasteiger partial charge in [-0.15, -0.1) is 0 Å². The number of aliphatic hydroxyl groups excluding tert-OH is 1. The molecule has 2 N–H and O–H groups in total. The molecule has 2 aromatic rings. The lowest BCUT2D eigenvalue weighted by molar-refractivity contribution is -0.348. The van der Waals surface area contributed by atoms with E-state index < -0.39 is 55.9 Å². The summed E-state index contributed by atoms with van der Waals surface area (Å²) in [7, 11) is -4.42. The maximum atomic E-state index is 15.0. The molecule has 2 aliphatic carbocycles. The summed E-state index contributed by atoms with van der Waals surface area (Å²) in [6.07, 6.45) is -11.8. The standard InChI is InChI=1S/C30H32F8N2O4S/c31-21-4-6-22(7-5-21)45(43,44)27-11-10-25(39-16-18-14-26(42)40(17-18)12-1-13-41)24(27)8-2-19-15-20(3-9-23(19)27)28(32,29(33,34)35)30(36,37)38/h3-7,9,15,18,24-25,39,41H,1-2,8,10-14,16-17H2/t18-,24+,25-,27-/m1/s1. The quantitative estimate of drug-likeness (QED) is 0.279. The Morgan fingerprint density at radius 1 is 0.978 bits per heavy atom. The van der Waals surface area contributed by atoms with Gasteiger partial charge in [0.2, 0.25) is 5.91 Å². The molecule has 1 heterocycles. The van der Waals surface area contributed by atoms with Gasteiger partial charge >= 0.3 is 18.0 Å². The molecule has 3 aliphatic rings. The van der Waals surface area contributed by atoms with Crippen molar-refractivity contribution in [1.29, 1.82) is 0 Å². The van der Waals surface area contributed by atoms with Gasteiger partial charge in [0, 0.05) is 44.3 Å². The highest BCUT2D eigenvalue weighted by molar-refractivity contribution is 7.92. The minimum Gasteiger partial charge on any atom is -0.396 e. The summed E-state index contributed by atoms with van der Waals surface area (Å²) in [4.78, 5) is 13.8. The SMILES string of the molecule is O=C1C[C@H](CN[C@@H]2CC[C@@]3(S(=O)(=O)c4ccc(F)cc4)c4ccc(C(F)(C(F)(F)F)C(F)(F)F)cc4CC[C@@H]23)CN1CCCO. The van der Waals surface area contributed by atoms with Gasteiger partial charge in [0.15, 0.2) is 9.84 Å². The number of rotatable bonds is 9. The number of sulfone groups is 1. The molecular weight excluding hydrogens is 636 g/mol. The molecule has 1 amide bonds. The molecular formula is C30H32F8N2O4S. The van der Waals surface area contributed by atoms with E-state index in [0.717, 1.165) is 30.3 Å². The molecule has 248 valence electrons. The monoisotopic (exact) mass is 668 g/mol. The Morgan fingerprint density at radius 2 is 1.64 bits per heavy atom. The van der Waals surface area contributed by atoms with Crippen LogP contribution in [0.1, 0.15) is 48.8 Å². The molecule has 2 aromatic carbocycles. The van der Waals surface area contributed by atoms with Crippen LogP contribution in [-0.2, 0) is 31.5 Å². The fourth-order valence-corrected chi connectivity index (χ4v) is 9.88. The number of carbonyl (C=O) groups is 1. The van der Waals surface area contributed by atoms with Gasteiger partial charge in [0.1, 0.15) is 10.6 Å². The summed E-state index contributed by atoms with van der Waals surface area (Å²) in [6, 6.07) is 5.26. The normalized spacial score (nSPS) is 25.8. The van der Waals surface area contributed by atoms with Crippen LogP contribution in [0.15, 0.2) is 47.4 Å². The topological polar surface area (TPSA) is 86.7 Å². The van der Waals surface area contributed by atoms with E-state index in [-0.39, 0.29) is 66.6 Å². The molecule has 0 bridgehead atoms. The maximum Gasteiger partial charge on any atom is 0.435 e. The first-order valence-electron chi connectivity index (χ1n) is 14.6. The number of hydrogen-bond donors (Lipinski definition) is 2. The van der Waals surface area contributed by atoms with Gasteiger partial charge in [0.05, 0.1) is 4.90 Å². The largest absolute Gasteiger partial charge is 0.435 e. The third-order valence-corrected chi connectivity index (χ3v) is 12.1. The first-order valence-corrected chi connectivity index (χ1v) is 16.0. The number of halogens is 8. The summed E-state index contributed by atoms with van der Waals surface area (Å²) < 4.78 is 137. The molecule has 0 aromatic heterocycles. The van der Waals surface area contributed by atoms with Gasteiger partial charge in [0.25, 0.3) is 0 Å². The molecule has 15 heteroatoms. The second-order valence-corrected chi connectivity index (χ2v) is 14.3. The second kappa shape index (κ2) is 11.8. The van der Waals surface area contributed by atoms with Crippen molar-refractivity contribution in [2.45, 2.75) is 72.2 Å². The number of carbonyl (C=O) groups excluding carboxylic acids is 1. The van der Waals surface area contributed by atoms with Crippen molar-refractivity contribution in [3.05, 3.63) is 65.0 Å². The van der Waals surface area contributed by atoms with E-state index >= 15 is 0 Å². The summed E-state index contributed by atoms with van der Waals surface area (Å²) in [6.45, 7) is 1.13.